The van der Waals surface area contributed by atoms with Crippen LogP contribution in [0.3, 0.4) is 0 Å². The zero-order valence-corrected chi connectivity index (χ0v) is 20.6. The van der Waals surface area contributed by atoms with Gasteiger partial charge in [0.1, 0.15) is 6.10 Å². The highest BCUT2D eigenvalue weighted by atomic mass is 16.3. The molecule has 5 heteroatoms. The number of carbonyl (C=O) groups excluding carboxylic acids is 1. The maximum atomic E-state index is 12.1. The molecule has 186 valence electrons. The molecule has 0 spiro atoms. The Hall–Kier alpha value is -0.650. The molecule has 0 saturated heterocycles. The Kier molecular flexibility index (Phi) is 22.1. The Bertz CT molecular complexity index is 392. The third-order valence-corrected chi connectivity index (χ3v) is 6.21. The number of carbonyl (C=O) groups is 1. The van der Waals surface area contributed by atoms with Crippen molar-refractivity contribution in [1.29, 1.82) is 0 Å². The lowest BCUT2D eigenvalue weighted by molar-refractivity contribution is -0.124. The first-order valence-electron chi connectivity index (χ1n) is 13.3. The van der Waals surface area contributed by atoms with Crippen molar-refractivity contribution in [2.75, 3.05) is 6.61 Å². The summed E-state index contributed by atoms with van der Waals surface area (Å²) in [7, 11) is 0. The topological polar surface area (TPSA) is 89.8 Å². The number of rotatable bonds is 23. The SMILES string of the molecule is CCCCCCCCCCCC(=O)NC(CO)C(O)C(O)CCCCCCCCCC. The Labute approximate surface area is 192 Å². The number of hydrogen-bond donors (Lipinski definition) is 4. The van der Waals surface area contributed by atoms with Crippen molar-refractivity contribution in [3.05, 3.63) is 0 Å². The van der Waals surface area contributed by atoms with Crippen LogP contribution < -0.4 is 5.32 Å². The lowest BCUT2D eigenvalue weighted by atomic mass is 9.99. The third kappa shape index (κ3) is 18.6. The molecule has 0 aromatic rings. The van der Waals surface area contributed by atoms with Crippen molar-refractivity contribution < 1.29 is 20.1 Å². The van der Waals surface area contributed by atoms with E-state index in [1.165, 1.54) is 70.6 Å². The van der Waals surface area contributed by atoms with Crippen LogP contribution >= 0.6 is 0 Å². The maximum Gasteiger partial charge on any atom is 0.220 e. The van der Waals surface area contributed by atoms with Gasteiger partial charge in [0, 0.05) is 6.42 Å². The Balaban J connectivity index is 3.83. The van der Waals surface area contributed by atoms with Gasteiger partial charge in [-0.1, -0.05) is 117 Å². The lowest BCUT2D eigenvalue weighted by Crippen LogP contribution is -2.50. The van der Waals surface area contributed by atoms with Crippen LogP contribution in [-0.4, -0.2) is 46.1 Å². The molecule has 0 bridgehead atoms. The van der Waals surface area contributed by atoms with E-state index in [4.69, 9.17) is 0 Å². The summed E-state index contributed by atoms with van der Waals surface area (Å²) in [5.74, 6) is -0.152. The molecular formula is C26H53NO4. The molecule has 0 aliphatic carbocycles. The molecule has 1 amide bonds. The van der Waals surface area contributed by atoms with Gasteiger partial charge >= 0.3 is 0 Å². The van der Waals surface area contributed by atoms with E-state index in [2.05, 4.69) is 19.2 Å². The lowest BCUT2D eigenvalue weighted by Gasteiger charge is -2.26. The molecule has 0 rings (SSSR count). The summed E-state index contributed by atoms with van der Waals surface area (Å²) in [6.45, 7) is 4.08. The molecule has 5 nitrogen and oxygen atoms in total. The van der Waals surface area contributed by atoms with Crippen LogP contribution in [-0.2, 0) is 4.79 Å². The van der Waals surface area contributed by atoms with E-state index in [1.54, 1.807) is 0 Å². The molecule has 0 aromatic heterocycles. The van der Waals surface area contributed by atoms with E-state index in [9.17, 15) is 20.1 Å². The summed E-state index contributed by atoms with van der Waals surface area (Å²) in [5, 5.41) is 32.8. The summed E-state index contributed by atoms with van der Waals surface area (Å²) in [5.41, 5.74) is 0. The first-order valence-corrected chi connectivity index (χ1v) is 13.3. The number of aliphatic hydroxyl groups excluding tert-OH is 3. The number of aliphatic hydroxyl groups is 3. The van der Waals surface area contributed by atoms with Gasteiger partial charge in [-0.05, 0) is 12.8 Å². The number of hydrogen-bond acceptors (Lipinski definition) is 4. The van der Waals surface area contributed by atoms with E-state index >= 15 is 0 Å². The van der Waals surface area contributed by atoms with Crippen LogP contribution in [0.15, 0.2) is 0 Å². The molecule has 0 fully saturated rings. The van der Waals surface area contributed by atoms with E-state index in [1.807, 2.05) is 0 Å². The first-order chi connectivity index (χ1) is 15.1. The molecule has 0 aliphatic heterocycles. The van der Waals surface area contributed by atoms with Gasteiger partial charge in [-0.2, -0.15) is 0 Å². The van der Waals surface area contributed by atoms with Gasteiger partial charge in [0.25, 0.3) is 0 Å². The van der Waals surface area contributed by atoms with Crippen LogP contribution in [0.1, 0.15) is 136 Å². The van der Waals surface area contributed by atoms with Gasteiger partial charge in [-0.3, -0.25) is 4.79 Å². The van der Waals surface area contributed by atoms with Gasteiger partial charge in [-0.15, -0.1) is 0 Å². The van der Waals surface area contributed by atoms with Crippen molar-refractivity contribution in [2.45, 2.75) is 154 Å². The highest BCUT2D eigenvalue weighted by molar-refractivity contribution is 5.76. The summed E-state index contributed by atoms with van der Waals surface area (Å²) >= 11 is 0. The molecule has 31 heavy (non-hydrogen) atoms. The van der Waals surface area contributed by atoms with Crippen LogP contribution in [0.5, 0.6) is 0 Å². The van der Waals surface area contributed by atoms with E-state index < -0.39 is 18.2 Å². The molecular weight excluding hydrogens is 390 g/mol. The fourth-order valence-corrected chi connectivity index (χ4v) is 4.04. The Morgan fingerprint density at radius 3 is 1.55 bits per heavy atom. The van der Waals surface area contributed by atoms with Gasteiger partial charge in [-0.25, -0.2) is 0 Å². The molecule has 3 unspecified atom stereocenters. The average molecular weight is 444 g/mol. The van der Waals surface area contributed by atoms with Crippen LogP contribution in [0.2, 0.25) is 0 Å². The fourth-order valence-electron chi connectivity index (χ4n) is 4.04. The molecule has 0 aliphatic rings. The Morgan fingerprint density at radius 2 is 1.10 bits per heavy atom. The quantitative estimate of drug-likeness (QED) is 0.154. The molecule has 0 aromatic carbocycles. The first kappa shape index (κ1) is 30.4. The molecule has 0 saturated carbocycles. The minimum Gasteiger partial charge on any atom is -0.394 e. The molecule has 4 N–H and O–H groups in total. The van der Waals surface area contributed by atoms with Gasteiger partial charge in [0.2, 0.25) is 5.91 Å². The van der Waals surface area contributed by atoms with Crippen molar-refractivity contribution in [3.63, 3.8) is 0 Å². The standard InChI is InChI=1S/C26H53NO4/c1-3-5-7-9-11-13-15-17-19-21-25(30)27-23(22-28)26(31)24(29)20-18-16-14-12-10-8-6-4-2/h23-24,26,28-29,31H,3-22H2,1-2H3,(H,27,30). The van der Waals surface area contributed by atoms with Crippen molar-refractivity contribution in [3.8, 4) is 0 Å². The van der Waals surface area contributed by atoms with Crippen LogP contribution in [0.4, 0.5) is 0 Å². The largest absolute Gasteiger partial charge is 0.394 e. The summed E-state index contributed by atoms with van der Waals surface area (Å²) < 4.78 is 0. The van der Waals surface area contributed by atoms with Crippen LogP contribution in [0, 0.1) is 0 Å². The normalized spacial score (nSPS) is 14.4. The molecule has 0 radical (unpaired) electrons. The minimum absolute atomic E-state index is 0.152. The highest BCUT2D eigenvalue weighted by Crippen LogP contribution is 2.14. The van der Waals surface area contributed by atoms with Crippen LogP contribution in [0.25, 0.3) is 0 Å². The van der Waals surface area contributed by atoms with Gasteiger partial charge in [0.05, 0.1) is 18.8 Å². The van der Waals surface area contributed by atoms with Gasteiger partial charge < -0.3 is 20.6 Å². The second kappa shape index (κ2) is 22.5. The predicted molar refractivity (Wildman–Crippen MR) is 130 cm³/mol. The second-order valence-corrected chi connectivity index (χ2v) is 9.26. The zero-order valence-electron chi connectivity index (χ0n) is 20.6. The molecule has 3 atom stereocenters. The van der Waals surface area contributed by atoms with E-state index in [0.717, 1.165) is 38.5 Å². The summed E-state index contributed by atoms with van der Waals surface area (Å²) in [4.78, 5) is 12.1. The highest BCUT2D eigenvalue weighted by Gasteiger charge is 2.26. The Morgan fingerprint density at radius 1 is 0.677 bits per heavy atom. The van der Waals surface area contributed by atoms with Crippen molar-refractivity contribution in [2.24, 2.45) is 0 Å². The molecule has 0 heterocycles. The van der Waals surface area contributed by atoms with Crippen molar-refractivity contribution in [1.82, 2.24) is 5.32 Å². The summed E-state index contributed by atoms with van der Waals surface area (Å²) in [6.07, 6.45) is 19.1. The second-order valence-electron chi connectivity index (χ2n) is 9.26. The smallest absolute Gasteiger partial charge is 0.220 e. The summed E-state index contributed by atoms with van der Waals surface area (Å²) in [6, 6.07) is -0.796. The minimum atomic E-state index is -1.12. The maximum absolute atomic E-state index is 12.1. The number of unbranched alkanes of at least 4 members (excludes halogenated alkanes) is 15. The van der Waals surface area contributed by atoms with E-state index in [-0.39, 0.29) is 12.5 Å². The third-order valence-electron chi connectivity index (χ3n) is 6.21. The van der Waals surface area contributed by atoms with Crippen molar-refractivity contribution >= 4 is 5.91 Å². The monoisotopic (exact) mass is 443 g/mol. The fraction of sp³-hybridized carbons (Fsp3) is 0.962. The number of nitrogens with one attached hydrogen (secondary N) is 1. The number of amides is 1. The predicted octanol–water partition coefficient (Wildman–Crippen LogP) is 5.64. The zero-order chi connectivity index (χ0) is 23.2. The average Bonchev–Trinajstić information content (AvgIpc) is 2.77. The van der Waals surface area contributed by atoms with Gasteiger partial charge in [0.15, 0.2) is 0 Å². The van der Waals surface area contributed by atoms with E-state index in [0.29, 0.717) is 12.8 Å².